The van der Waals surface area contributed by atoms with Crippen LogP contribution in [0, 0.1) is 0 Å². The molecule has 0 aromatic heterocycles. The van der Waals surface area contributed by atoms with Crippen molar-refractivity contribution < 1.29 is 23.9 Å². The Morgan fingerprint density at radius 1 is 0.946 bits per heavy atom. The third kappa shape index (κ3) is 7.34. The van der Waals surface area contributed by atoms with Crippen molar-refractivity contribution in [2.45, 2.75) is 89.5 Å². The summed E-state index contributed by atoms with van der Waals surface area (Å²) >= 11 is 0. The van der Waals surface area contributed by atoms with Gasteiger partial charge in [0.2, 0.25) is 5.91 Å². The van der Waals surface area contributed by atoms with E-state index in [1.54, 1.807) is 11.0 Å². The van der Waals surface area contributed by atoms with E-state index in [1.807, 2.05) is 63.2 Å². The van der Waals surface area contributed by atoms with Gasteiger partial charge in [0.05, 0.1) is 5.56 Å². The standard InChI is InChI=1S/C30H38N2O5/c1-30(2,3)37-28(34)24-12-7-11-23(19-24)22-14-16-25(17-15-22)31-27(33)26-13-8-18-32(26)29(35)36-20-21-9-5-4-6-10-21/h4-7,9-12,19,22,25-26H,8,13-18,20H2,1-3H3,(H,31,33)/t22?,25?,26-/m1/s1. The summed E-state index contributed by atoms with van der Waals surface area (Å²) in [5, 5.41) is 3.18. The monoisotopic (exact) mass is 506 g/mol. The molecule has 1 N–H and O–H groups in total. The lowest BCUT2D eigenvalue weighted by molar-refractivity contribution is -0.126. The average molecular weight is 507 g/mol. The van der Waals surface area contributed by atoms with Crippen LogP contribution in [0.3, 0.4) is 0 Å². The van der Waals surface area contributed by atoms with E-state index in [2.05, 4.69) is 11.4 Å². The van der Waals surface area contributed by atoms with Gasteiger partial charge < -0.3 is 14.8 Å². The van der Waals surface area contributed by atoms with E-state index >= 15 is 0 Å². The third-order valence-corrected chi connectivity index (χ3v) is 7.06. The van der Waals surface area contributed by atoms with Crippen molar-refractivity contribution in [1.29, 1.82) is 0 Å². The fourth-order valence-electron chi connectivity index (χ4n) is 5.19. The van der Waals surface area contributed by atoms with Gasteiger partial charge in [-0.2, -0.15) is 0 Å². The van der Waals surface area contributed by atoms with Crippen LogP contribution >= 0.6 is 0 Å². The molecule has 0 unspecified atom stereocenters. The molecule has 198 valence electrons. The zero-order valence-corrected chi connectivity index (χ0v) is 22.1. The molecule has 4 rings (SSSR count). The van der Waals surface area contributed by atoms with Gasteiger partial charge in [-0.3, -0.25) is 9.69 Å². The summed E-state index contributed by atoms with van der Waals surface area (Å²) in [6.45, 7) is 6.32. The van der Waals surface area contributed by atoms with Crippen molar-refractivity contribution in [2.24, 2.45) is 0 Å². The maximum atomic E-state index is 13.1. The number of esters is 1. The highest BCUT2D eigenvalue weighted by molar-refractivity contribution is 5.90. The molecule has 7 nitrogen and oxygen atoms in total. The van der Waals surface area contributed by atoms with E-state index < -0.39 is 17.7 Å². The molecule has 1 saturated carbocycles. The molecule has 2 aromatic rings. The minimum Gasteiger partial charge on any atom is -0.456 e. The highest BCUT2D eigenvalue weighted by Gasteiger charge is 2.36. The molecule has 1 atom stereocenters. The SMILES string of the molecule is CC(C)(C)OC(=O)c1cccc(C2CCC(NC(=O)[C@H]3CCCN3C(=O)OCc3ccccc3)CC2)c1. The van der Waals surface area contributed by atoms with E-state index in [-0.39, 0.29) is 24.5 Å². The minimum atomic E-state index is -0.531. The summed E-state index contributed by atoms with van der Waals surface area (Å²) < 4.78 is 11.0. The Kier molecular flexibility index (Phi) is 8.52. The smallest absolute Gasteiger partial charge is 0.410 e. The highest BCUT2D eigenvalue weighted by Crippen LogP contribution is 2.34. The van der Waals surface area contributed by atoms with Crippen molar-refractivity contribution in [3.8, 4) is 0 Å². The number of nitrogens with one attached hydrogen (secondary N) is 1. The Balaban J connectivity index is 1.27. The first-order valence-corrected chi connectivity index (χ1v) is 13.3. The number of rotatable bonds is 6. The Bertz CT molecular complexity index is 1090. The molecule has 37 heavy (non-hydrogen) atoms. The predicted molar refractivity (Wildman–Crippen MR) is 141 cm³/mol. The number of hydrogen-bond acceptors (Lipinski definition) is 5. The first kappa shape index (κ1) is 26.7. The average Bonchev–Trinajstić information content (AvgIpc) is 3.38. The summed E-state index contributed by atoms with van der Waals surface area (Å²) in [4.78, 5) is 39.8. The van der Waals surface area contributed by atoms with Crippen LogP contribution in [-0.4, -0.2) is 47.1 Å². The number of ether oxygens (including phenoxy) is 2. The van der Waals surface area contributed by atoms with Gasteiger partial charge in [0.1, 0.15) is 18.2 Å². The van der Waals surface area contributed by atoms with Gasteiger partial charge in [-0.25, -0.2) is 9.59 Å². The molecular weight excluding hydrogens is 468 g/mol. The Morgan fingerprint density at radius 3 is 2.38 bits per heavy atom. The van der Waals surface area contributed by atoms with Crippen LogP contribution in [0.15, 0.2) is 54.6 Å². The number of carbonyl (C=O) groups is 3. The van der Waals surface area contributed by atoms with Crippen LogP contribution in [-0.2, 0) is 20.9 Å². The number of amides is 2. The van der Waals surface area contributed by atoms with Crippen molar-refractivity contribution >= 4 is 18.0 Å². The Hall–Kier alpha value is -3.35. The second-order valence-electron chi connectivity index (χ2n) is 11.1. The minimum absolute atomic E-state index is 0.0839. The molecule has 0 bridgehead atoms. The predicted octanol–water partition coefficient (Wildman–Crippen LogP) is 5.59. The first-order chi connectivity index (χ1) is 17.7. The summed E-state index contributed by atoms with van der Waals surface area (Å²) in [5.41, 5.74) is 2.10. The summed E-state index contributed by atoms with van der Waals surface area (Å²) in [6.07, 6.45) is 4.58. The summed E-state index contributed by atoms with van der Waals surface area (Å²) in [7, 11) is 0. The van der Waals surface area contributed by atoms with Gasteiger partial charge in [-0.05, 0) is 88.5 Å². The molecule has 2 aromatic carbocycles. The van der Waals surface area contributed by atoms with E-state index in [9.17, 15) is 14.4 Å². The molecule has 7 heteroatoms. The fraction of sp³-hybridized carbons (Fsp3) is 0.500. The van der Waals surface area contributed by atoms with Crippen LogP contribution in [0.5, 0.6) is 0 Å². The number of hydrogen-bond donors (Lipinski definition) is 1. The molecule has 2 fully saturated rings. The number of likely N-dealkylation sites (tertiary alicyclic amines) is 1. The highest BCUT2D eigenvalue weighted by atomic mass is 16.6. The number of carbonyl (C=O) groups excluding carboxylic acids is 3. The Labute approximate surface area is 219 Å². The molecule has 0 radical (unpaired) electrons. The number of benzene rings is 2. The van der Waals surface area contributed by atoms with Crippen LogP contribution in [0.25, 0.3) is 0 Å². The molecule has 1 saturated heterocycles. The molecule has 1 heterocycles. The van der Waals surface area contributed by atoms with Crippen molar-refractivity contribution in [2.75, 3.05) is 6.54 Å². The zero-order chi connectivity index (χ0) is 26.4. The van der Waals surface area contributed by atoms with Gasteiger partial charge >= 0.3 is 12.1 Å². The van der Waals surface area contributed by atoms with Gasteiger partial charge in [-0.15, -0.1) is 0 Å². The van der Waals surface area contributed by atoms with Gasteiger partial charge in [-0.1, -0.05) is 42.5 Å². The molecule has 1 aliphatic carbocycles. The maximum Gasteiger partial charge on any atom is 0.410 e. The van der Waals surface area contributed by atoms with E-state index in [4.69, 9.17) is 9.47 Å². The lowest BCUT2D eigenvalue weighted by atomic mass is 9.81. The maximum absolute atomic E-state index is 13.1. The van der Waals surface area contributed by atoms with Crippen molar-refractivity contribution in [3.05, 3.63) is 71.3 Å². The molecular formula is C30H38N2O5. The third-order valence-electron chi connectivity index (χ3n) is 7.06. The lowest BCUT2D eigenvalue weighted by Crippen LogP contribution is -2.49. The quantitative estimate of drug-likeness (QED) is 0.517. The van der Waals surface area contributed by atoms with E-state index in [1.165, 1.54) is 0 Å². The zero-order valence-electron chi connectivity index (χ0n) is 22.1. The van der Waals surface area contributed by atoms with E-state index in [0.29, 0.717) is 24.4 Å². The lowest BCUT2D eigenvalue weighted by Gasteiger charge is -2.31. The first-order valence-electron chi connectivity index (χ1n) is 13.3. The largest absolute Gasteiger partial charge is 0.456 e. The second-order valence-corrected chi connectivity index (χ2v) is 11.1. The van der Waals surface area contributed by atoms with Gasteiger partial charge in [0.15, 0.2) is 0 Å². The van der Waals surface area contributed by atoms with Crippen LogP contribution in [0.4, 0.5) is 4.79 Å². The fourth-order valence-corrected chi connectivity index (χ4v) is 5.19. The second kappa shape index (κ2) is 11.8. The van der Waals surface area contributed by atoms with E-state index in [0.717, 1.165) is 43.2 Å². The summed E-state index contributed by atoms with van der Waals surface area (Å²) in [5.74, 6) is -0.0604. The molecule has 2 aliphatic rings. The van der Waals surface area contributed by atoms with Crippen LogP contribution < -0.4 is 5.32 Å². The van der Waals surface area contributed by atoms with Crippen LogP contribution in [0.2, 0.25) is 0 Å². The normalized spacial score (nSPS) is 21.8. The molecule has 2 amide bonds. The van der Waals surface area contributed by atoms with Gasteiger partial charge in [0.25, 0.3) is 0 Å². The van der Waals surface area contributed by atoms with Crippen molar-refractivity contribution in [1.82, 2.24) is 10.2 Å². The van der Waals surface area contributed by atoms with Crippen molar-refractivity contribution in [3.63, 3.8) is 0 Å². The number of nitrogens with zero attached hydrogens (tertiary/aromatic N) is 1. The van der Waals surface area contributed by atoms with Gasteiger partial charge in [0, 0.05) is 12.6 Å². The Morgan fingerprint density at radius 2 is 1.68 bits per heavy atom. The molecule has 0 spiro atoms. The molecule has 1 aliphatic heterocycles. The van der Waals surface area contributed by atoms with Crippen LogP contribution in [0.1, 0.15) is 86.7 Å². The topological polar surface area (TPSA) is 84.9 Å². The summed E-state index contributed by atoms with van der Waals surface area (Å²) in [6, 6.07) is 16.9.